The Balaban J connectivity index is 2.21. The molecule has 144 valence electrons. The van der Waals surface area contributed by atoms with Gasteiger partial charge in [-0.05, 0) is 31.5 Å². The number of piperazine rings is 1. The Kier molecular flexibility index (Phi) is 6.30. The van der Waals surface area contributed by atoms with Gasteiger partial charge in [0.05, 0.1) is 12.2 Å². The van der Waals surface area contributed by atoms with Crippen LogP contribution in [0.5, 0.6) is 5.75 Å². The second-order valence-electron chi connectivity index (χ2n) is 5.58. The standard InChI is InChI=1S/C16H20F3N3O4/c1-2-26-13-4-3-10(9-11(13)16(17,18)19)21-15(25)22-7-6-20-14(24)12(22)5-8-23/h3-4,9,12,23H,2,5-8H2,1H3,(H,20,24)(H,21,25)/t12-/m0/s1. The summed E-state index contributed by atoms with van der Waals surface area (Å²) in [4.78, 5) is 25.4. The Morgan fingerprint density at radius 1 is 1.46 bits per heavy atom. The van der Waals surface area contributed by atoms with Crippen LogP contribution in [0.3, 0.4) is 0 Å². The average Bonchev–Trinajstić information content (AvgIpc) is 2.57. The average molecular weight is 375 g/mol. The van der Waals surface area contributed by atoms with Crippen LogP contribution in [-0.2, 0) is 11.0 Å². The molecule has 0 radical (unpaired) electrons. The maximum absolute atomic E-state index is 13.2. The molecule has 2 rings (SSSR count). The molecule has 26 heavy (non-hydrogen) atoms. The highest BCUT2D eigenvalue weighted by Gasteiger charge is 2.36. The summed E-state index contributed by atoms with van der Waals surface area (Å²) in [6.45, 7) is 1.75. The summed E-state index contributed by atoms with van der Waals surface area (Å²) < 4.78 is 44.5. The maximum atomic E-state index is 13.2. The number of hydrogen-bond donors (Lipinski definition) is 3. The molecular weight excluding hydrogens is 355 g/mol. The number of aliphatic hydroxyl groups excluding tert-OH is 1. The minimum absolute atomic E-state index is 0.0380. The van der Waals surface area contributed by atoms with Crippen molar-refractivity contribution in [3.63, 3.8) is 0 Å². The van der Waals surface area contributed by atoms with Crippen molar-refractivity contribution in [2.24, 2.45) is 0 Å². The van der Waals surface area contributed by atoms with Crippen LogP contribution in [0.25, 0.3) is 0 Å². The number of carbonyl (C=O) groups is 2. The van der Waals surface area contributed by atoms with Crippen LogP contribution >= 0.6 is 0 Å². The summed E-state index contributed by atoms with van der Waals surface area (Å²) in [5, 5.41) is 14.0. The minimum atomic E-state index is -4.64. The largest absolute Gasteiger partial charge is 0.493 e. The van der Waals surface area contributed by atoms with Crippen LogP contribution in [0, 0.1) is 0 Å². The SMILES string of the molecule is CCOc1ccc(NC(=O)N2CCNC(=O)[C@@H]2CCO)cc1C(F)(F)F. The molecule has 1 saturated heterocycles. The lowest BCUT2D eigenvalue weighted by Crippen LogP contribution is -2.58. The van der Waals surface area contributed by atoms with Crippen LogP contribution in [0.1, 0.15) is 18.9 Å². The van der Waals surface area contributed by atoms with Crippen LogP contribution in [-0.4, -0.2) is 54.3 Å². The van der Waals surface area contributed by atoms with Crippen molar-refractivity contribution in [1.29, 1.82) is 0 Å². The smallest absolute Gasteiger partial charge is 0.420 e. The van der Waals surface area contributed by atoms with Crippen molar-refractivity contribution in [2.45, 2.75) is 25.6 Å². The highest BCUT2D eigenvalue weighted by atomic mass is 19.4. The molecule has 1 fully saturated rings. The van der Waals surface area contributed by atoms with Crippen LogP contribution in [0.15, 0.2) is 18.2 Å². The predicted octanol–water partition coefficient (Wildman–Crippen LogP) is 1.82. The Bertz CT molecular complexity index is 667. The van der Waals surface area contributed by atoms with Crippen molar-refractivity contribution >= 4 is 17.6 Å². The first-order valence-corrected chi connectivity index (χ1v) is 8.08. The van der Waals surface area contributed by atoms with Gasteiger partial charge in [0.25, 0.3) is 0 Å². The van der Waals surface area contributed by atoms with E-state index in [2.05, 4.69) is 10.6 Å². The third-order valence-corrected chi connectivity index (χ3v) is 3.83. The van der Waals surface area contributed by atoms with E-state index in [0.29, 0.717) is 0 Å². The number of amides is 3. The molecule has 1 heterocycles. The molecular formula is C16H20F3N3O4. The molecule has 0 spiro atoms. The van der Waals surface area contributed by atoms with Gasteiger partial charge in [0, 0.05) is 25.4 Å². The highest BCUT2D eigenvalue weighted by Crippen LogP contribution is 2.38. The summed E-state index contributed by atoms with van der Waals surface area (Å²) in [6, 6.07) is 1.63. The van der Waals surface area contributed by atoms with E-state index in [0.717, 1.165) is 12.1 Å². The second-order valence-corrected chi connectivity index (χ2v) is 5.58. The monoisotopic (exact) mass is 375 g/mol. The van der Waals surface area contributed by atoms with Crippen molar-refractivity contribution in [1.82, 2.24) is 10.2 Å². The van der Waals surface area contributed by atoms with E-state index in [1.165, 1.54) is 11.0 Å². The van der Waals surface area contributed by atoms with E-state index in [1.807, 2.05) is 0 Å². The van der Waals surface area contributed by atoms with Gasteiger partial charge < -0.3 is 25.4 Å². The molecule has 1 aliphatic heterocycles. The molecule has 1 atom stereocenters. The molecule has 7 nitrogen and oxygen atoms in total. The molecule has 10 heteroatoms. The Labute approximate surface area is 148 Å². The lowest BCUT2D eigenvalue weighted by molar-refractivity contribution is -0.138. The van der Waals surface area contributed by atoms with Crippen molar-refractivity contribution in [2.75, 3.05) is 31.6 Å². The van der Waals surface area contributed by atoms with Gasteiger partial charge in [0.1, 0.15) is 11.8 Å². The fourth-order valence-electron chi connectivity index (χ4n) is 2.67. The molecule has 0 unspecified atom stereocenters. The van der Waals surface area contributed by atoms with E-state index in [9.17, 15) is 22.8 Å². The zero-order chi connectivity index (χ0) is 19.3. The molecule has 0 bridgehead atoms. The number of aliphatic hydroxyl groups is 1. The van der Waals surface area contributed by atoms with Gasteiger partial charge in [0.15, 0.2) is 0 Å². The zero-order valence-corrected chi connectivity index (χ0v) is 14.1. The van der Waals surface area contributed by atoms with Crippen molar-refractivity contribution in [3.8, 4) is 5.75 Å². The van der Waals surface area contributed by atoms with Gasteiger partial charge in [-0.1, -0.05) is 0 Å². The molecule has 3 amide bonds. The molecule has 0 aliphatic carbocycles. The quantitative estimate of drug-likeness (QED) is 0.732. The van der Waals surface area contributed by atoms with E-state index in [4.69, 9.17) is 9.84 Å². The Hall–Kier alpha value is -2.49. The van der Waals surface area contributed by atoms with Crippen molar-refractivity contribution in [3.05, 3.63) is 23.8 Å². The number of rotatable bonds is 5. The third-order valence-electron chi connectivity index (χ3n) is 3.83. The summed E-state index contributed by atoms with van der Waals surface area (Å²) >= 11 is 0. The fraction of sp³-hybridized carbons (Fsp3) is 0.500. The predicted molar refractivity (Wildman–Crippen MR) is 86.8 cm³/mol. The Morgan fingerprint density at radius 3 is 2.81 bits per heavy atom. The van der Waals surface area contributed by atoms with Gasteiger partial charge >= 0.3 is 12.2 Å². The normalized spacial score (nSPS) is 17.7. The number of benzene rings is 1. The van der Waals surface area contributed by atoms with E-state index in [-0.39, 0.29) is 44.2 Å². The summed E-state index contributed by atoms with van der Waals surface area (Å²) in [5.74, 6) is -0.739. The van der Waals surface area contributed by atoms with Crippen LogP contribution in [0.4, 0.5) is 23.7 Å². The van der Waals surface area contributed by atoms with Gasteiger partial charge in [-0.25, -0.2) is 4.79 Å². The van der Waals surface area contributed by atoms with Crippen LogP contribution < -0.4 is 15.4 Å². The number of hydrogen-bond acceptors (Lipinski definition) is 4. The van der Waals surface area contributed by atoms with Gasteiger partial charge in [-0.2, -0.15) is 13.2 Å². The van der Waals surface area contributed by atoms with Gasteiger partial charge in [-0.15, -0.1) is 0 Å². The molecule has 1 aliphatic rings. The number of anilines is 1. The topological polar surface area (TPSA) is 90.9 Å². The number of ether oxygens (including phenoxy) is 1. The summed E-state index contributed by atoms with van der Waals surface area (Å²) in [7, 11) is 0. The van der Waals surface area contributed by atoms with Crippen LogP contribution in [0.2, 0.25) is 0 Å². The number of nitrogens with zero attached hydrogens (tertiary/aromatic N) is 1. The van der Waals surface area contributed by atoms with Gasteiger partial charge in [-0.3, -0.25) is 4.79 Å². The number of nitrogens with one attached hydrogen (secondary N) is 2. The number of urea groups is 1. The van der Waals surface area contributed by atoms with Gasteiger partial charge in [0.2, 0.25) is 5.91 Å². The minimum Gasteiger partial charge on any atom is -0.493 e. The molecule has 1 aromatic carbocycles. The summed E-state index contributed by atoms with van der Waals surface area (Å²) in [6.07, 6.45) is -4.61. The summed E-state index contributed by atoms with van der Waals surface area (Å²) in [5.41, 5.74) is -1.07. The zero-order valence-electron chi connectivity index (χ0n) is 14.1. The Morgan fingerprint density at radius 2 is 2.19 bits per heavy atom. The first kappa shape index (κ1) is 19.8. The number of carbonyl (C=O) groups excluding carboxylic acids is 2. The molecule has 0 aromatic heterocycles. The molecule has 3 N–H and O–H groups in total. The molecule has 0 saturated carbocycles. The number of halogens is 3. The molecule has 1 aromatic rings. The first-order valence-electron chi connectivity index (χ1n) is 8.08. The second kappa shape index (κ2) is 8.26. The first-order chi connectivity index (χ1) is 12.3. The lowest BCUT2D eigenvalue weighted by atomic mass is 10.1. The fourth-order valence-corrected chi connectivity index (χ4v) is 2.67. The van der Waals surface area contributed by atoms with E-state index in [1.54, 1.807) is 6.92 Å². The lowest BCUT2D eigenvalue weighted by Gasteiger charge is -2.34. The highest BCUT2D eigenvalue weighted by molar-refractivity contribution is 5.94. The van der Waals surface area contributed by atoms with E-state index >= 15 is 0 Å². The number of alkyl halides is 3. The third kappa shape index (κ3) is 4.57. The maximum Gasteiger partial charge on any atom is 0.420 e. The van der Waals surface area contributed by atoms with E-state index < -0.39 is 29.7 Å². The van der Waals surface area contributed by atoms with Crippen molar-refractivity contribution < 1.29 is 32.6 Å².